The summed E-state index contributed by atoms with van der Waals surface area (Å²) in [6.45, 7) is 9.84. The summed E-state index contributed by atoms with van der Waals surface area (Å²) < 4.78 is 5.72. The maximum absolute atomic E-state index is 6.42. The van der Waals surface area contributed by atoms with Gasteiger partial charge in [0.2, 0.25) is 0 Å². The van der Waals surface area contributed by atoms with Crippen LogP contribution in [0.25, 0.3) is 0 Å². The summed E-state index contributed by atoms with van der Waals surface area (Å²) in [7, 11) is 0. The lowest BCUT2D eigenvalue weighted by molar-refractivity contribution is 0.291. The van der Waals surface area contributed by atoms with Crippen LogP contribution in [0.15, 0.2) is 18.2 Å². The first-order valence-electron chi connectivity index (χ1n) is 6.84. The molecule has 0 saturated heterocycles. The van der Waals surface area contributed by atoms with Gasteiger partial charge in [0.05, 0.1) is 6.61 Å². The Labute approximate surface area is 110 Å². The van der Waals surface area contributed by atoms with Crippen LogP contribution < -0.4 is 10.5 Å². The zero-order chi connectivity index (χ0) is 13.1. The molecule has 1 aromatic rings. The van der Waals surface area contributed by atoms with E-state index in [9.17, 15) is 0 Å². The molecular formula is C16H23NO. The number of ether oxygens (including phenoxy) is 1. The van der Waals surface area contributed by atoms with Gasteiger partial charge in [-0.15, -0.1) is 0 Å². The summed E-state index contributed by atoms with van der Waals surface area (Å²) in [5.74, 6) is 1.66. The van der Waals surface area contributed by atoms with Gasteiger partial charge in [-0.1, -0.05) is 33.8 Å². The van der Waals surface area contributed by atoms with E-state index in [1.807, 2.05) is 0 Å². The Kier molecular flexibility index (Phi) is 2.34. The molecule has 3 rings (SSSR count). The first-order chi connectivity index (χ1) is 8.31. The van der Waals surface area contributed by atoms with Gasteiger partial charge in [0, 0.05) is 17.0 Å². The number of fused-ring (bicyclic) bond motifs is 1. The van der Waals surface area contributed by atoms with Gasteiger partial charge in [0.25, 0.3) is 0 Å². The van der Waals surface area contributed by atoms with E-state index < -0.39 is 0 Å². The van der Waals surface area contributed by atoms with Crippen molar-refractivity contribution in [1.82, 2.24) is 0 Å². The molecule has 0 spiro atoms. The van der Waals surface area contributed by atoms with Gasteiger partial charge in [-0.2, -0.15) is 0 Å². The van der Waals surface area contributed by atoms with Crippen molar-refractivity contribution in [2.24, 2.45) is 17.1 Å². The van der Waals surface area contributed by atoms with Crippen LogP contribution in [0.1, 0.15) is 51.3 Å². The molecule has 1 heterocycles. The molecule has 1 saturated carbocycles. The number of hydrogen-bond acceptors (Lipinski definition) is 2. The fourth-order valence-corrected chi connectivity index (χ4v) is 3.10. The highest BCUT2D eigenvalue weighted by Gasteiger charge is 2.49. The van der Waals surface area contributed by atoms with Crippen molar-refractivity contribution in [3.8, 4) is 5.75 Å². The van der Waals surface area contributed by atoms with Crippen molar-refractivity contribution < 1.29 is 4.74 Å². The minimum absolute atomic E-state index is 0.115. The van der Waals surface area contributed by atoms with Crippen LogP contribution in [-0.2, 0) is 5.41 Å². The fourth-order valence-electron chi connectivity index (χ4n) is 3.10. The van der Waals surface area contributed by atoms with E-state index in [0.29, 0.717) is 11.3 Å². The van der Waals surface area contributed by atoms with Gasteiger partial charge in [-0.25, -0.2) is 0 Å². The Morgan fingerprint density at radius 2 is 1.94 bits per heavy atom. The largest absolute Gasteiger partial charge is 0.492 e. The molecule has 1 aromatic carbocycles. The van der Waals surface area contributed by atoms with E-state index in [-0.39, 0.29) is 11.5 Å². The number of hydrogen-bond donors (Lipinski definition) is 1. The molecular weight excluding hydrogens is 222 g/mol. The highest BCUT2D eigenvalue weighted by molar-refractivity contribution is 5.46. The van der Waals surface area contributed by atoms with E-state index in [1.54, 1.807) is 0 Å². The Bertz CT molecular complexity index is 490. The van der Waals surface area contributed by atoms with Gasteiger partial charge >= 0.3 is 0 Å². The molecule has 2 N–H and O–H groups in total. The van der Waals surface area contributed by atoms with Crippen molar-refractivity contribution in [2.75, 3.05) is 6.61 Å². The highest BCUT2D eigenvalue weighted by atomic mass is 16.5. The predicted molar refractivity (Wildman–Crippen MR) is 73.8 cm³/mol. The molecule has 0 bridgehead atoms. The maximum atomic E-state index is 6.42. The van der Waals surface area contributed by atoms with Crippen LogP contribution in [0.2, 0.25) is 0 Å². The zero-order valence-corrected chi connectivity index (χ0v) is 11.8. The Hall–Kier alpha value is -1.02. The minimum atomic E-state index is 0.115. The average molecular weight is 245 g/mol. The van der Waals surface area contributed by atoms with E-state index in [4.69, 9.17) is 10.5 Å². The molecule has 2 unspecified atom stereocenters. The van der Waals surface area contributed by atoms with Gasteiger partial charge in [0.15, 0.2) is 0 Å². The standard InChI is InChI=1S/C16H23NO/c1-15(2)8-12(15)14(17)10-5-6-13-11(7-10)16(3,4)9-18-13/h5-7,12,14H,8-9,17H2,1-4H3. The van der Waals surface area contributed by atoms with Crippen LogP contribution in [0.5, 0.6) is 5.75 Å². The van der Waals surface area contributed by atoms with Crippen molar-refractivity contribution in [3.05, 3.63) is 29.3 Å². The second-order valence-electron chi connectivity index (χ2n) is 7.25. The summed E-state index contributed by atoms with van der Waals surface area (Å²) >= 11 is 0. The molecule has 0 amide bonds. The lowest BCUT2D eigenvalue weighted by atomic mass is 9.85. The predicted octanol–water partition coefficient (Wildman–Crippen LogP) is 3.40. The SMILES string of the molecule is CC1(C)COc2ccc(C(N)C3CC3(C)C)cc21. The van der Waals surface area contributed by atoms with Crippen molar-refractivity contribution >= 4 is 0 Å². The Morgan fingerprint density at radius 1 is 1.28 bits per heavy atom. The third-order valence-electron chi connectivity index (χ3n) is 4.73. The Morgan fingerprint density at radius 3 is 2.56 bits per heavy atom. The molecule has 18 heavy (non-hydrogen) atoms. The first kappa shape index (κ1) is 12.0. The molecule has 0 aromatic heterocycles. The third kappa shape index (κ3) is 1.74. The quantitative estimate of drug-likeness (QED) is 0.866. The average Bonchev–Trinajstić information content (AvgIpc) is 2.83. The normalized spacial score (nSPS) is 28.4. The van der Waals surface area contributed by atoms with Gasteiger partial charge in [-0.3, -0.25) is 0 Å². The lowest BCUT2D eigenvalue weighted by Gasteiger charge is -2.19. The highest BCUT2D eigenvalue weighted by Crippen LogP contribution is 2.57. The topological polar surface area (TPSA) is 35.2 Å². The fraction of sp³-hybridized carbons (Fsp3) is 0.625. The molecule has 2 nitrogen and oxygen atoms in total. The van der Waals surface area contributed by atoms with Crippen LogP contribution in [0.3, 0.4) is 0 Å². The third-order valence-corrected chi connectivity index (χ3v) is 4.73. The summed E-state index contributed by atoms with van der Waals surface area (Å²) in [5, 5.41) is 0. The van der Waals surface area contributed by atoms with Crippen LogP contribution in [0, 0.1) is 11.3 Å². The molecule has 0 radical (unpaired) electrons. The van der Waals surface area contributed by atoms with Gasteiger partial charge < -0.3 is 10.5 Å². The molecule has 98 valence electrons. The maximum Gasteiger partial charge on any atom is 0.123 e. The van der Waals surface area contributed by atoms with Crippen LogP contribution >= 0.6 is 0 Å². The Balaban J connectivity index is 1.91. The smallest absolute Gasteiger partial charge is 0.123 e. The summed E-state index contributed by atoms with van der Waals surface area (Å²) in [6.07, 6.45) is 1.24. The van der Waals surface area contributed by atoms with Gasteiger partial charge in [0.1, 0.15) is 5.75 Å². The van der Waals surface area contributed by atoms with Crippen molar-refractivity contribution in [3.63, 3.8) is 0 Å². The first-order valence-corrected chi connectivity index (χ1v) is 6.84. The number of rotatable bonds is 2. The monoisotopic (exact) mass is 245 g/mol. The second-order valence-corrected chi connectivity index (χ2v) is 7.25. The van der Waals surface area contributed by atoms with E-state index in [0.717, 1.165) is 12.4 Å². The van der Waals surface area contributed by atoms with Crippen molar-refractivity contribution in [2.45, 2.75) is 45.6 Å². The van der Waals surface area contributed by atoms with Crippen LogP contribution in [0.4, 0.5) is 0 Å². The van der Waals surface area contributed by atoms with E-state index in [1.165, 1.54) is 17.5 Å². The molecule has 1 aliphatic heterocycles. The van der Waals surface area contributed by atoms with Gasteiger partial charge in [-0.05, 0) is 35.4 Å². The summed E-state index contributed by atoms with van der Waals surface area (Å²) in [4.78, 5) is 0. The van der Waals surface area contributed by atoms with E-state index >= 15 is 0 Å². The number of benzene rings is 1. The van der Waals surface area contributed by atoms with E-state index in [2.05, 4.69) is 45.9 Å². The molecule has 2 atom stereocenters. The minimum Gasteiger partial charge on any atom is -0.492 e. The molecule has 2 aliphatic rings. The molecule has 2 heteroatoms. The van der Waals surface area contributed by atoms with Crippen LogP contribution in [-0.4, -0.2) is 6.61 Å². The number of nitrogens with two attached hydrogens (primary N) is 1. The molecule has 1 aliphatic carbocycles. The second kappa shape index (κ2) is 3.51. The summed E-state index contributed by atoms with van der Waals surface area (Å²) in [6, 6.07) is 6.66. The molecule has 1 fully saturated rings. The lowest BCUT2D eigenvalue weighted by Crippen LogP contribution is -2.20. The van der Waals surface area contributed by atoms with Crippen molar-refractivity contribution in [1.29, 1.82) is 0 Å². The zero-order valence-electron chi connectivity index (χ0n) is 11.8. The summed E-state index contributed by atoms with van der Waals surface area (Å²) in [5.41, 5.74) is 9.53.